The lowest BCUT2D eigenvalue weighted by atomic mass is 10.1. The molecule has 1 heterocycles. The first kappa shape index (κ1) is 14.5. The number of ether oxygens (including phenoxy) is 2. The van der Waals surface area contributed by atoms with Crippen molar-refractivity contribution in [3.63, 3.8) is 0 Å². The van der Waals surface area contributed by atoms with E-state index in [1.807, 2.05) is 24.3 Å². The van der Waals surface area contributed by atoms with Crippen LogP contribution >= 0.6 is 0 Å². The zero-order valence-corrected chi connectivity index (χ0v) is 12.0. The molecule has 1 aromatic carbocycles. The van der Waals surface area contributed by atoms with Crippen LogP contribution in [0, 0.1) is 0 Å². The summed E-state index contributed by atoms with van der Waals surface area (Å²) in [5.74, 6) is 1.88. The first-order valence-corrected chi connectivity index (χ1v) is 8.04. The summed E-state index contributed by atoms with van der Waals surface area (Å²) in [7, 11) is 0.702. The van der Waals surface area contributed by atoms with Crippen molar-refractivity contribution in [2.45, 2.75) is 25.0 Å². The lowest BCUT2D eigenvalue weighted by molar-refractivity contribution is 0.128. The van der Waals surface area contributed by atoms with E-state index < -0.39 is 10.8 Å². The Bertz CT molecular complexity index is 415. The van der Waals surface area contributed by atoms with Crippen LogP contribution in [0.15, 0.2) is 24.3 Å². The van der Waals surface area contributed by atoms with Crippen LogP contribution < -0.4 is 10.5 Å². The summed E-state index contributed by atoms with van der Waals surface area (Å²) in [5.41, 5.74) is 7.07. The molecule has 0 amide bonds. The molecule has 0 aromatic heterocycles. The molecule has 1 aliphatic heterocycles. The first-order valence-electron chi connectivity index (χ1n) is 6.55. The van der Waals surface area contributed by atoms with Crippen molar-refractivity contribution < 1.29 is 13.7 Å². The van der Waals surface area contributed by atoms with Gasteiger partial charge in [-0.2, -0.15) is 0 Å². The lowest BCUT2D eigenvalue weighted by Gasteiger charge is -2.14. The van der Waals surface area contributed by atoms with Crippen LogP contribution in [0.2, 0.25) is 0 Å². The van der Waals surface area contributed by atoms with Gasteiger partial charge in [-0.25, -0.2) is 0 Å². The van der Waals surface area contributed by atoms with Crippen LogP contribution in [0.1, 0.15) is 24.4 Å². The molecule has 19 heavy (non-hydrogen) atoms. The van der Waals surface area contributed by atoms with Gasteiger partial charge in [0.05, 0.1) is 13.2 Å². The predicted octanol–water partition coefficient (Wildman–Crippen LogP) is 1.62. The third-order valence-corrected chi connectivity index (χ3v) is 4.78. The second kappa shape index (κ2) is 7.03. The number of hydrogen-bond donors (Lipinski definition) is 1. The van der Waals surface area contributed by atoms with Crippen molar-refractivity contribution in [2.75, 3.05) is 25.2 Å². The molecule has 0 spiro atoms. The summed E-state index contributed by atoms with van der Waals surface area (Å²) in [6.45, 7) is 0.798. The van der Waals surface area contributed by atoms with Gasteiger partial charge >= 0.3 is 0 Å². The molecule has 1 aliphatic rings. The lowest BCUT2D eigenvalue weighted by Crippen LogP contribution is -2.24. The zero-order valence-electron chi connectivity index (χ0n) is 11.2. The van der Waals surface area contributed by atoms with E-state index >= 15 is 0 Å². The van der Waals surface area contributed by atoms with Gasteiger partial charge in [0.25, 0.3) is 0 Å². The highest BCUT2D eigenvalue weighted by Gasteiger charge is 2.20. The Morgan fingerprint density at radius 3 is 2.79 bits per heavy atom. The SMILES string of the molecule is COc1ccc(C(N)CS(=O)CC2CCCO2)cc1. The molecule has 0 aliphatic carbocycles. The average Bonchev–Trinajstić information content (AvgIpc) is 2.91. The smallest absolute Gasteiger partial charge is 0.118 e. The molecule has 0 radical (unpaired) electrons. The van der Waals surface area contributed by atoms with Crippen LogP contribution in [-0.2, 0) is 15.5 Å². The van der Waals surface area contributed by atoms with Crippen molar-refractivity contribution in [2.24, 2.45) is 5.73 Å². The maximum atomic E-state index is 12.0. The van der Waals surface area contributed by atoms with Gasteiger partial charge in [0, 0.05) is 35.0 Å². The fraction of sp³-hybridized carbons (Fsp3) is 0.571. The van der Waals surface area contributed by atoms with Crippen LogP contribution in [0.5, 0.6) is 5.75 Å². The number of nitrogens with two attached hydrogens (primary N) is 1. The van der Waals surface area contributed by atoms with Crippen molar-refractivity contribution in [3.8, 4) is 5.75 Å². The Balaban J connectivity index is 1.84. The normalized spacial score (nSPS) is 22.1. The van der Waals surface area contributed by atoms with Crippen LogP contribution in [-0.4, -0.2) is 35.5 Å². The predicted molar refractivity (Wildman–Crippen MR) is 76.8 cm³/mol. The van der Waals surface area contributed by atoms with Crippen molar-refractivity contribution in [1.82, 2.24) is 0 Å². The molecule has 0 bridgehead atoms. The highest BCUT2D eigenvalue weighted by molar-refractivity contribution is 7.85. The largest absolute Gasteiger partial charge is 0.497 e. The fourth-order valence-electron chi connectivity index (χ4n) is 2.20. The molecule has 2 rings (SSSR count). The maximum Gasteiger partial charge on any atom is 0.118 e. The quantitative estimate of drug-likeness (QED) is 0.862. The summed E-state index contributed by atoms with van der Waals surface area (Å²) in [6.07, 6.45) is 2.25. The molecular weight excluding hydrogens is 262 g/mol. The van der Waals surface area contributed by atoms with Gasteiger partial charge in [0.2, 0.25) is 0 Å². The molecule has 3 atom stereocenters. The Hall–Kier alpha value is -0.910. The van der Waals surface area contributed by atoms with Crippen LogP contribution in [0.4, 0.5) is 0 Å². The van der Waals surface area contributed by atoms with Gasteiger partial charge in [-0.15, -0.1) is 0 Å². The summed E-state index contributed by atoms with van der Waals surface area (Å²) in [5, 5.41) is 0. The molecule has 2 N–H and O–H groups in total. The standard InChI is InChI=1S/C14H21NO3S/c1-17-12-6-4-11(5-7-12)14(15)10-19(16)9-13-3-2-8-18-13/h4-7,13-14H,2-3,8-10,15H2,1H3. The zero-order chi connectivity index (χ0) is 13.7. The summed E-state index contributed by atoms with van der Waals surface area (Å²) >= 11 is 0. The van der Waals surface area contributed by atoms with Crippen molar-refractivity contribution in [3.05, 3.63) is 29.8 Å². The molecule has 5 heteroatoms. The molecular formula is C14H21NO3S. The number of benzene rings is 1. The topological polar surface area (TPSA) is 61.5 Å². The highest BCUT2D eigenvalue weighted by atomic mass is 32.2. The van der Waals surface area contributed by atoms with Crippen molar-refractivity contribution in [1.29, 1.82) is 0 Å². The van der Waals surface area contributed by atoms with E-state index in [1.165, 1.54) is 0 Å². The number of rotatable bonds is 6. The van der Waals surface area contributed by atoms with Gasteiger partial charge in [0.15, 0.2) is 0 Å². The minimum Gasteiger partial charge on any atom is -0.497 e. The maximum absolute atomic E-state index is 12.0. The van der Waals surface area contributed by atoms with Gasteiger partial charge in [-0.3, -0.25) is 4.21 Å². The molecule has 4 nitrogen and oxygen atoms in total. The monoisotopic (exact) mass is 283 g/mol. The Morgan fingerprint density at radius 1 is 1.47 bits per heavy atom. The third-order valence-electron chi connectivity index (χ3n) is 3.31. The van der Waals surface area contributed by atoms with E-state index in [4.69, 9.17) is 15.2 Å². The molecule has 1 saturated heterocycles. The van der Waals surface area contributed by atoms with Crippen molar-refractivity contribution >= 4 is 10.8 Å². The molecule has 106 valence electrons. The van der Waals surface area contributed by atoms with Gasteiger partial charge < -0.3 is 15.2 Å². The summed E-state index contributed by atoms with van der Waals surface area (Å²) in [4.78, 5) is 0. The van der Waals surface area contributed by atoms with E-state index in [9.17, 15) is 4.21 Å². The Morgan fingerprint density at radius 2 is 2.21 bits per heavy atom. The van der Waals surface area contributed by atoms with Gasteiger partial charge in [-0.05, 0) is 30.5 Å². The van der Waals surface area contributed by atoms with Gasteiger partial charge in [0.1, 0.15) is 5.75 Å². The minimum atomic E-state index is -0.929. The van der Waals surface area contributed by atoms with E-state index in [0.29, 0.717) is 11.5 Å². The molecule has 3 unspecified atom stereocenters. The molecule has 1 aromatic rings. The second-order valence-electron chi connectivity index (χ2n) is 4.79. The third kappa shape index (κ3) is 4.30. The van der Waals surface area contributed by atoms with E-state index in [2.05, 4.69) is 0 Å². The summed E-state index contributed by atoms with van der Waals surface area (Å²) < 4.78 is 22.6. The van der Waals surface area contributed by atoms with Crippen LogP contribution in [0.3, 0.4) is 0 Å². The number of hydrogen-bond acceptors (Lipinski definition) is 4. The van der Waals surface area contributed by atoms with E-state index in [-0.39, 0.29) is 12.1 Å². The second-order valence-corrected chi connectivity index (χ2v) is 6.33. The van der Waals surface area contributed by atoms with Crippen LogP contribution in [0.25, 0.3) is 0 Å². The Labute approximate surface area is 116 Å². The first-order chi connectivity index (χ1) is 9.19. The average molecular weight is 283 g/mol. The van der Waals surface area contributed by atoms with E-state index in [0.717, 1.165) is 30.8 Å². The molecule has 0 saturated carbocycles. The van der Waals surface area contributed by atoms with E-state index in [1.54, 1.807) is 7.11 Å². The minimum absolute atomic E-state index is 0.156. The molecule has 1 fully saturated rings. The fourth-order valence-corrected chi connectivity index (χ4v) is 3.61. The highest BCUT2D eigenvalue weighted by Crippen LogP contribution is 2.18. The number of methoxy groups -OCH3 is 1. The van der Waals surface area contributed by atoms with Gasteiger partial charge in [-0.1, -0.05) is 12.1 Å². The Kier molecular flexibility index (Phi) is 5.36. The summed E-state index contributed by atoms with van der Waals surface area (Å²) in [6, 6.07) is 7.39.